The SMILES string of the molecule is COc1ccc(C(C(=O)NC2CCCCC2)N(C(=O)CCCC(=O)O)c2ccc(C)cc2)cc1. The number of carboxylic acid groups (broad SMARTS) is 1. The standard InChI is InChI=1S/C27H34N2O5/c1-19-11-15-22(16-12-19)29(24(30)9-6-10-25(31)32)26(20-13-17-23(34-2)18-14-20)27(33)28-21-7-4-3-5-8-21/h11-18,21,26H,3-10H2,1-2H3,(H,28,33)(H,31,32). The van der Waals surface area contributed by atoms with Crippen molar-refractivity contribution in [3.05, 3.63) is 59.7 Å². The number of aliphatic carboxylic acids is 1. The Labute approximate surface area is 201 Å². The summed E-state index contributed by atoms with van der Waals surface area (Å²) < 4.78 is 5.28. The van der Waals surface area contributed by atoms with Gasteiger partial charge in [-0.2, -0.15) is 0 Å². The van der Waals surface area contributed by atoms with Gasteiger partial charge in [0.2, 0.25) is 11.8 Å². The lowest BCUT2D eigenvalue weighted by atomic mass is 9.94. The van der Waals surface area contributed by atoms with Crippen LogP contribution in [0.5, 0.6) is 5.75 Å². The van der Waals surface area contributed by atoms with Crippen LogP contribution in [0.25, 0.3) is 0 Å². The van der Waals surface area contributed by atoms with E-state index in [1.807, 2.05) is 31.2 Å². The maximum absolute atomic E-state index is 13.7. The minimum atomic E-state index is -0.948. The molecular weight excluding hydrogens is 432 g/mol. The summed E-state index contributed by atoms with van der Waals surface area (Å²) in [7, 11) is 1.58. The number of carboxylic acids is 1. The fourth-order valence-corrected chi connectivity index (χ4v) is 4.38. The topological polar surface area (TPSA) is 95.9 Å². The van der Waals surface area contributed by atoms with Crippen molar-refractivity contribution in [1.29, 1.82) is 0 Å². The number of methoxy groups -OCH3 is 1. The fourth-order valence-electron chi connectivity index (χ4n) is 4.38. The highest BCUT2D eigenvalue weighted by atomic mass is 16.5. The first kappa shape index (κ1) is 25.3. The van der Waals surface area contributed by atoms with Crippen LogP contribution in [0.15, 0.2) is 48.5 Å². The molecule has 0 heterocycles. The summed E-state index contributed by atoms with van der Waals surface area (Å²) in [5.74, 6) is -0.810. The Hall–Kier alpha value is -3.35. The van der Waals surface area contributed by atoms with E-state index in [-0.39, 0.29) is 37.1 Å². The first-order chi connectivity index (χ1) is 16.4. The van der Waals surface area contributed by atoms with Crippen molar-refractivity contribution in [3.63, 3.8) is 0 Å². The van der Waals surface area contributed by atoms with Crippen molar-refractivity contribution < 1.29 is 24.2 Å². The van der Waals surface area contributed by atoms with E-state index in [2.05, 4.69) is 5.32 Å². The minimum Gasteiger partial charge on any atom is -0.497 e. The van der Waals surface area contributed by atoms with E-state index < -0.39 is 12.0 Å². The van der Waals surface area contributed by atoms with E-state index in [9.17, 15) is 14.4 Å². The molecule has 182 valence electrons. The number of nitrogens with one attached hydrogen (secondary N) is 1. The van der Waals surface area contributed by atoms with Crippen molar-refractivity contribution in [3.8, 4) is 5.75 Å². The molecular formula is C27H34N2O5. The Morgan fingerprint density at radius 2 is 1.65 bits per heavy atom. The molecule has 0 spiro atoms. The zero-order valence-corrected chi connectivity index (χ0v) is 20.0. The van der Waals surface area contributed by atoms with Gasteiger partial charge in [0.25, 0.3) is 0 Å². The largest absolute Gasteiger partial charge is 0.497 e. The van der Waals surface area contributed by atoms with Crippen LogP contribution in [0.4, 0.5) is 5.69 Å². The normalized spacial score (nSPS) is 14.8. The molecule has 1 atom stereocenters. The second-order valence-electron chi connectivity index (χ2n) is 8.87. The average Bonchev–Trinajstić information content (AvgIpc) is 2.83. The number of carbonyl (C=O) groups is 3. The molecule has 0 saturated heterocycles. The third-order valence-electron chi connectivity index (χ3n) is 6.25. The molecule has 7 heteroatoms. The van der Waals surface area contributed by atoms with Gasteiger partial charge < -0.3 is 15.2 Å². The summed E-state index contributed by atoms with van der Waals surface area (Å²) >= 11 is 0. The van der Waals surface area contributed by atoms with Crippen LogP contribution in [-0.2, 0) is 14.4 Å². The highest BCUT2D eigenvalue weighted by molar-refractivity contribution is 6.01. The van der Waals surface area contributed by atoms with Gasteiger partial charge in [-0.05, 0) is 56.0 Å². The zero-order valence-electron chi connectivity index (χ0n) is 20.0. The minimum absolute atomic E-state index is 0.0313. The number of nitrogens with zero attached hydrogens (tertiary/aromatic N) is 1. The maximum atomic E-state index is 13.7. The van der Waals surface area contributed by atoms with Gasteiger partial charge in [0.1, 0.15) is 11.8 Å². The Bertz CT molecular complexity index is 966. The van der Waals surface area contributed by atoms with Gasteiger partial charge in [-0.1, -0.05) is 49.1 Å². The van der Waals surface area contributed by atoms with E-state index in [1.54, 1.807) is 31.4 Å². The summed E-state index contributed by atoms with van der Waals surface area (Å²) in [6.07, 6.45) is 5.32. The molecule has 0 aromatic heterocycles. The average molecular weight is 467 g/mol. The van der Waals surface area contributed by atoms with Gasteiger partial charge in [-0.3, -0.25) is 19.3 Å². The van der Waals surface area contributed by atoms with Crippen molar-refractivity contribution in [2.75, 3.05) is 12.0 Å². The monoisotopic (exact) mass is 466 g/mol. The number of hydrogen-bond donors (Lipinski definition) is 2. The second kappa shape index (κ2) is 12.2. The molecule has 1 saturated carbocycles. The molecule has 1 aliphatic rings. The number of anilines is 1. The lowest BCUT2D eigenvalue weighted by Crippen LogP contribution is -2.47. The van der Waals surface area contributed by atoms with Crippen LogP contribution in [0.1, 0.15) is 68.5 Å². The highest BCUT2D eigenvalue weighted by Gasteiger charge is 2.34. The number of amides is 2. The molecule has 0 bridgehead atoms. The van der Waals surface area contributed by atoms with Crippen LogP contribution in [0.3, 0.4) is 0 Å². The molecule has 1 fully saturated rings. The van der Waals surface area contributed by atoms with Crippen LogP contribution in [0, 0.1) is 6.92 Å². The van der Waals surface area contributed by atoms with Crippen molar-refractivity contribution in [2.45, 2.75) is 70.4 Å². The summed E-state index contributed by atoms with van der Waals surface area (Å²) in [5, 5.41) is 12.2. The van der Waals surface area contributed by atoms with Crippen LogP contribution in [0.2, 0.25) is 0 Å². The van der Waals surface area contributed by atoms with Gasteiger partial charge in [-0.25, -0.2) is 0 Å². The quantitative estimate of drug-likeness (QED) is 0.525. The summed E-state index contributed by atoms with van der Waals surface area (Å²) in [6.45, 7) is 1.96. The predicted octanol–water partition coefficient (Wildman–Crippen LogP) is 4.78. The summed E-state index contributed by atoms with van der Waals surface area (Å²) in [6, 6.07) is 13.8. The molecule has 2 aromatic rings. The van der Waals surface area contributed by atoms with E-state index in [0.717, 1.165) is 31.2 Å². The van der Waals surface area contributed by atoms with Crippen molar-refractivity contribution >= 4 is 23.5 Å². The van der Waals surface area contributed by atoms with Crippen LogP contribution < -0.4 is 15.0 Å². The zero-order chi connectivity index (χ0) is 24.5. The number of aryl methyl sites for hydroxylation is 1. The Morgan fingerprint density at radius 3 is 2.24 bits per heavy atom. The van der Waals surface area contributed by atoms with Crippen LogP contribution in [-0.4, -0.2) is 36.0 Å². The Kier molecular flexibility index (Phi) is 9.08. The van der Waals surface area contributed by atoms with E-state index in [1.165, 1.54) is 11.3 Å². The van der Waals surface area contributed by atoms with E-state index in [4.69, 9.17) is 9.84 Å². The Balaban J connectivity index is 1.99. The second-order valence-corrected chi connectivity index (χ2v) is 8.87. The third-order valence-corrected chi connectivity index (χ3v) is 6.25. The van der Waals surface area contributed by atoms with Crippen molar-refractivity contribution in [2.24, 2.45) is 0 Å². The number of benzene rings is 2. The molecule has 3 rings (SSSR count). The number of ether oxygens (including phenoxy) is 1. The number of carbonyl (C=O) groups excluding carboxylic acids is 2. The summed E-state index contributed by atoms with van der Waals surface area (Å²) in [5.41, 5.74) is 2.31. The molecule has 0 aliphatic heterocycles. The predicted molar refractivity (Wildman–Crippen MR) is 131 cm³/mol. The summed E-state index contributed by atoms with van der Waals surface area (Å²) in [4.78, 5) is 39.7. The van der Waals surface area contributed by atoms with E-state index >= 15 is 0 Å². The fraction of sp³-hybridized carbons (Fsp3) is 0.444. The molecule has 34 heavy (non-hydrogen) atoms. The van der Waals surface area contributed by atoms with Gasteiger partial charge >= 0.3 is 5.97 Å². The van der Waals surface area contributed by atoms with Crippen molar-refractivity contribution in [1.82, 2.24) is 5.32 Å². The first-order valence-electron chi connectivity index (χ1n) is 11.9. The van der Waals surface area contributed by atoms with Gasteiger partial charge in [-0.15, -0.1) is 0 Å². The molecule has 1 aliphatic carbocycles. The lowest BCUT2D eigenvalue weighted by Gasteiger charge is -2.33. The van der Waals surface area contributed by atoms with E-state index in [0.29, 0.717) is 17.0 Å². The maximum Gasteiger partial charge on any atom is 0.303 e. The van der Waals surface area contributed by atoms with Gasteiger partial charge in [0.05, 0.1) is 7.11 Å². The van der Waals surface area contributed by atoms with Crippen LogP contribution >= 0.6 is 0 Å². The molecule has 2 amide bonds. The molecule has 7 nitrogen and oxygen atoms in total. The smallest absolute Gasteiger partial charge is 0.303 e. The number of rotatable bonds is 10. The molecule has 2 aromatic carbocycles. The third kappa shape index (κ3) is 6.83. The lowest BCUT2D eigenvalue weighted by molar-refractivity contribution is -0.137. The van der Waals surface area contributed by atoms with Gasteiger partial charge in [0, 0.05) is 24.6 Å². The molecule has 1 unspecified atom stereocenters. The molecule has 0 radical (unpaired) electrons. The van der Waals surface area contributed by atoms with Gasteiger partial charge in [0.15, 0.2) is 0 Å². The highest BCUT2D eigenvalue weighted by Crippen LogP contribution is 2.31. The first-order valence-corrected chi connectivity index (χ1v) is 11.9. The number of hydrogen-bond acceptors (Lipinski definition) is 4. The Morgan fingerprint density at radius 1 is 1.00 bits per heavy atom. The molecule has 2 N–H and O–H groups in total.